The van der Waals surface area contributed by atoms with Gasteiger partial charge in [-0.05, 0) is 31.9 Å². The van der Waals surface area contributed by atoms with Crippen LogP contribution in [0.1, 0.15) is 28.0 Å². The average Bonchev–Trinajstić information content (AvgIpc) is 2.73. The van der Waals surface area contributed by atoms with E-state index in [0.717, 1.165) is 23.2 Å². The Balaban J connectivity index is 1.91. The van der Waals surface area contributed by atoms with E-state index in [1.807, 2.05) is 49.4 Å². The first-order chi connectivity index (χ1) is 14.1. The predicted molar refractivity (Wildman–Crippen MR) is 115 cm³/mol. The molecule has 0 unspecified atom stereocenters. The van der Waals surface area contributed by atoms with E-state index in [1.165, 1.54) is 5.56 Å². The summed E-state index contributed by atoms with van der Waals surface area (Å²) in [4.78, 5) is 21.8. The van der Waals surface area contributed by atoms with Crippen LogP contribution in [0.3, 0.4) is 0 Å². The number of aromatic nitrogens is 2. The van der Waals surface area contributed by atoms with Crippen molar-refractivity contribution in [3.8, 4) is 11.4 Å². The molecule has 2 N–H and O–H groups in total. The highest BCUT2D eigenvalue weighted by Gasteiger charge is 2.13. The molecule has 3 rings (SSSR count). The van der Waals surface area contributed by atoms with Gasteiger partial charge in [0.2, 0.25) is 0 Å². The number of hydrogen-bond donors (Lipinski definition) is 2. The molecule has 0 aliphatic rings. The third-order valence-corrected chi connectivity index (χ3v) is 4.45. The molecule has 0 bridgehead atoms. The third kappa shape index (κ3) is 5.62. The quantitative estimate of drug-likeness (QED) is 0.562. The van der Waals surface area contributed by atoms with Crippen LogP contribution < -0.4 is 10.6 Å². The summed E-state index contributed by atoms with van der Waals surface area (Å²) in [5, 5.41) is 6.22. The van der Waals surface area contributed by atoms with Crippen LogP contribution in [0.15, 0.2) is 54.6 Å². The van der Waals surface area contributed by atoms with Gasteiger partial charge in [-0.25, -0.2) is 9.97 Å². The molecular weight excluding hydrogens is 364 g/mol. The molecule has 6 heteroatoms. The molecule has 0 aliphatic heterocycles. The first kappa shape index (κ1) is 20.5. The topological polar surface area (TPSA) is 76.1 Å². The summed E-state index contributed by atoms with van der Waals surface area (Å²) in [5.74, 6) is 0.847. The third-order valence-electron chi connectivity index (χ3n) is 4.45. The van der Waals surface area contributed by atoms with Crippen LogP contribution in [-0.4, -0.2) is 36.1 Å². The van der Waals surface area contributed by atoms with E-state index in [9.17, 15) is 4.79 Å². The number of carbonyl (C=O) groups is 1. The molecule has 150 valence electrons. The molecule has 0 radical (unpaired) electrons. The van der Waals surface area contributed by atoms with Gasteiger partial charge in [0.25, 0.3) is 5.91 Å². The van der Waals surface area contributed by atoms with Gasteiger partial charge in [0.05, 0.1) is 0 Å². The Labute approximate surface area is 171 Å². The smallest absolute Gasteiger partial charge is 0.270 e. The molecule has 0 spiro atoms. The van der Waals surface area contributed by atoms with Gasteiger partial charge in [-0.1, -0.05) is 48.0 Å². The molecule has 2 aromatic carbocycles. The number of rotatable bonds is 8. The predicted octanol–water partition coefficient (Wildman–Crippen LogP) is 4.27. The maximum absolute atomic E-state index is 12.6. The summed E-state index contributed by atoms with van der Waals surface area (Å²) in [6.45, 7) is 5.22. The summed E-state index contributed by atoms with van der Waals surface area (Å²) >= 11 is 0. The molecule has 1 heterocycles. The lowest BCUT2D eigenvalue weighted by molar-refractivity contribution is 0.0943. The average molecular weight is 390 g/mol. The number of hydrogen-bond acceptors (Lipinski definition) is 5. The van der Waals surface area contributed by atoms with Crippen LogP contribution in [-0.2, 0) is 4.74 Å². The first-order valence-electron chi connectivity index (χ1n) is 9.63. The molecule has 0 saturated carbocycles. The Kier molecular flexibility index (Phi) is 6.92. The molecule has 3 aromatic rings. The van der Waals surface area contributed by atoms with Gasteiger partial charge in [0, 0.05) is 37.6 Å². The molecule has 1 aromatic heterocycles. The maximum atomic E-state index is 12.6. The Morgan fingerprint density at radius 2 is 1.83 bits per heavy atom. The standard InChI is InChI=1S/C23H26N4O2/c1-16-10-11-19(17(2)14-16)25-21-15-20(23(28)24-12-7-13-29-3)26-22(27-21)18-8-5-4-6-9-18/h4-6,8-11,14-15H,7,12-13H2,1-3H3,(H,24,28)(H,25,26,27). The fraction of sp³-hybridized carbons (Fsp3) is 0.261. The number of nitrogens with one attached hydrogen (secondary N) is 2. The summed E-state index contributed by atoms with van der Waals surface area (Å²) in [5.41, 5.74) is 4.42. The highest BCUT2D eigenvalue weighted by Crippen LogP contribution is 2.23. The van der Waals surface area contributed by atoms with E-state index in [-0.39, 0.29) is 5.91 Å². The second kappa shape index (κ2) is 9.80. The number of benzene rings is 2. The van der Waals surface area contributed by atoms with Gasteiger partial charge < -0.3 is 15.4 Å². The van der Waals surface area contributed by atoms with Crippen LogP contribution >= 0.6 is 0 Å². The van der Waals surface area contributed by atoms with Gasteiger partial charge in [0.1, 0.15) is 11.5 Å². The molecule has 0 fully saturated rings. The van der Waals surface area contributed by atoms with Crippen molar-refractivity contribution in [2.45, 2.75) is 20.3 Å². The Morgan fingerprint density at radius 3 is 2.55 bits per heavy atom. The van der Waals surface area contributed by atoms with Crippen molar-refractivity contribution in [2.24, 2.45) is 0 Å². The molecule has 29 heavy (non-hydrogen) atoms. The highest BCUT2D eigenvalue weighted by atomic mass is 16.5. The summed E-state index contributed by atoms with van der Waals surface area (Å²) < 4.78 is 5.02. The first-order valence-corrected chi connectivity index (χ1v) is 9.63. The van der Waals surface area contributed by atoms with Crippen molar-refractivity contribution in [1.29, 1.82) is 0 Å². The van der Waals surface area contributed by atoms with Gasteiger partial charge in [-0.2, -0.15) is 0 Å². The van der Waals surface area contributed by atoms with Crippen molar-refractivity contribution < 1.29 is 9.53 Å². The summed E-state index contributed by atoms with van der Waals surface area (Å²) in [6, 6.07) is 17.5. The fourth-order valence-corrected chi connectivity index (χ4v) is 2.94. The van der Waals surface area contributed by atoms with E-state index in [4.69, 9.17) is 4.74 Å². The minimum Gasteiger partial charge on any atom is -0.385 e. The lowest BCUT2D eigenvalue weighted by Gasteiger charge is -2.12. The van der Waals surface area contributed by atoms with Crippen LogP contribution in [0.2, 0.25) is 0 Å². The molecular formula is C23H26N4O2. The Hall–Kier alpha value is -3.25. The van der Waals surface area contributed by atoms with Crippen LogP contribution in [0.25, 0.3) is 11.4 Å². The second-order valence-electron chi connectivity index (χ2n) is 6.87. The normalized spacial score (nSPS) is 10.6. The van der Waals surface area contributed by atoms with Crippen molar-refractivity contribution in [3.05, 3.63) is 71.4 Å². The van der Waals surface area contributed by atoms with Gasteiger partial charge >= 0.3 is 0 Å². The number of amides is 1. The molecule has 6 nitrogen and oxygen atoms in total. The van der Waals surface area contributed by atoms with Crippen LogP contribution in [0.5, 0.6) is 0 Å². The SMILES string of the molecule is COCCCNC(=O)c1cc(Nc2ccc(C)cc2C)nc(-c2ccccc2)n1. The lowest BCUT2D eigenvalue weighted by atomic mass is 10.1. The van der Waals surface area contributed by atoms with Crippen molar-refractivity contribution >= 4 is 17.4 Å². The van der Waals surface area contributed by atoms with Crippen LogP contribution in [0, 0.1) is 13.8 Å². The number of aryl methyl sites for hydroxylation is 2. The Morgan fingerprint density at radius 1 is 1.03 bits per heavy atom. The van der Waals surface area contributed by atoms with Gasteiger partial charge in [-0.15, -0.1) is 0 Å². The Bertz CT molecular complexity index is 974. The minimum absolute atomic E-state index is 0.232. The van der Waals surface area contributed by atoms with E-state index in [1.54, 1.807) is 13.2 Å². The maximum Gasteiger partial charge on any atom is 0.270 e. The van der Waals surface area contributed by atoms with E-state index in [0.29, 0.717) is 30.5 Å². The van der Waals surface area contributed by atoms with Crippen molar-refractivity contribution in [3.63, 3.8) is 0 Å². The van der Waals surface area contributed by atoms with E-state index >= 15 is 0 Å². The number of nitrogens with zero attached hydrogens (tertiary/aromatic N) is 2. The zero-order valence-corrected chi connectivity index (χ0v) is 17.0. The van der Waals surface area contributed by atoms with Crippen molar-refractivity contribution in [2.75, 3.05) is 25.6 Å². The largest absolute Gasteiger partial charge is 0.385 e. The number of anilines is 2. The lowest BCUT2D eigenvalue weighted by Crippen LogP contribution is -2.26. The van der Waals surface area contributed by atoms with Gasteiger partial charge in [0.15, 0.2) is 5.82 Å². The van der Waals surface area contributed by atoms with E-state index in [2.05, 4.69) is 33.6 Å². The zero-order valence-electron chi connectivity index (χ0n) is 17.0. The minimum atomic E-state index is -0.232. The monoisotopic (exact) mass is 390 g/mol. The zero-order chi connectivity index (χ0) is 20.6. The number of methoxy groups -OCH3 is 1. The van der Waals surface area contributed by atoms with Crippen molar-refractivity contribution in [1.82, 2.24) is 15.3 Å². The van der Waals surface area contributed by atoms with Gasteiger partial charge in [-0.3, -0.25) is 4.79 Å². The highest BCUT2D eigenvalue weighted by molar-refractivity contribution is 5.93. The second-order valence-corrected chi connectivity index (χ2v) is 6.87. The summed E-state index contributed by atoms with van der Waals surface area (Å²) in [6.07, 6.45) is 0.743. The number of ether oxygens (including phenoxy) is 1. The fourth-order valence-electron chi connectivity index (χ4n) is 2.94. The summed E-state index contributed by atoms with van der Waals surface area (Å²) in [7, 11) is 1.64. The molecule has 1 amide bonds. The molecule has 0 atom stereocenters. The van der Waals surface area contributed by atoms with E-state index < -0.39 is 0 Å². The number of carbonyl (C=O) groups excluding carboxylic acids is 1. The molecule has 0 saturated heterocycles. The van der Waals surface area contributed by atoms with Crippen LogP contribution in [0.4, 0.5) is 11.5 Å². The molecule has 0 aliphatic carbocycles.